The fraction of sp³-hybridized carbons (Fsp3) is 0.375. The van der Waals surface area contributed by atoms with E-state index in [-0.39, 0.29) is 28.8 Å². The van der Waals surface area contributed by atoms with Gasteiger partial charge in [-0.05, 0) is 26.3 Å². The number of sulfone groups is 1. The van der Waals surface area contributed by atoms with E-state index in [1.807, 2.05) is 0 Å². The van der Waals surface area contributed by atoms with E-state index in [2.05, 4.69) is 10.4 Å². The first-order valence-electron chi connectivity index (χ1n) is 7.99. The van der Waals surface area contributed by atoms with Crippen molar-refractivity contribution in [2.45, 2.75) is 26.3 Å². The topological polar surface area (TPSA) is 124 Å². The smallest absolute Gasteiger partial charge is 0.273 e. The van der Waals surface area contributed by atoms with Crippen molar-refractivity contribution in [2.24, 2.45) is 0 Å². The zero-order valence-electron chi connectivity index (χ0n) is 14.3. The minimum Gasteiger partial charge on any atom is -0.307 e. The lowest BCUT2D eigenvalue weighted by atomic mass is 10.1. The second-order valence-corrected chi connectivity index (χ2v) is 8.61. The van der Waals surface area contributed by atoms with Gasteiger partial charge in [-0.1, -0.05) is 6.07 Å². The van der Waals surface area contributed by atoms with Crippen LogP contribution in [0.15, 0.2) is 24.3 Å². The number of nitrogens with one attached hydrogen (secondary N) is 1. The molecule has 2 aromatic rings. The maximum absolute atomic E-state index is 12.5. The van der Waals surface area contributed by atoms with E-state index in [1.165, 1.54) is 22.9 Å². The summed E-state index contributed by atoms with van der Waals surface area (Å²) in [5.41, 5.74) is 1.11. The van der Waals surface area contributed by atoms with Crippen molar-refractivity contribution in [3.63, 3.8) is 0 Å². The van der Waals surface area contributed by atoms with Crippen LogP contribution in [0.25, 0.3) is 0 Å². The van der Waals surface area contributed by atoms with E-state index in [1.54, 1.807) is 19.9 Å². The average Bonchev–Trinajstić information content (AvgIpc) is 3.09. The normalized spacial score (nSPS) is 18.6. The standard InChI is InChI=1S/C16H18N4O5S/c1-10-3-4-12(8-14(10)20(22)23)16(21)17-15-7-11(2)18-19(15)13-5-6-26(24,25)9-13/h3-4,7-8,13H,5-6,9H2,1-2H3,(H,17,21)/t13-/m0/s1. The first kappa shape index (κ1) is 18.1. The maximum atomic E-state index is 12.5. The van der Waals surface area contributed by atoms with Gasteiger partial charge in [0.1, 0.15) is 5.82 Å². The van der Waals surface area contributed by atoms with Gasteiger partial charge < -0.3 is 5.32 Å². The monoisotopic (exact) mass is 378 g/mol. The van der Waals surface area contributed by atoms with E-state index in [0.717, 1.165) is 0 Å². The quantitative estimate of drug-likeness (QED) is 0.641. The zero-order chi connectivity index (χ0) is 19.1. The Balaban J connectivity index is 1.87. The second-order valence-electron chi connectivity index (χ2n) is 6.38. The van der Waals surface area contributed by atoms with Gasteiger partial charge in [0.05, 0.1) is 28.2 Å². The molecule has 1 amide bonds. The molecule has 2 heterocycles. The van der Waals surface area contributed by atoms with Crippen molar-refractivity contribution >= 4 is 27.2 Å². The largest absolute Gasteiger partial charge is 0.307 e. The number of nitro groups is 1. The number of benzene rings is 1. The van der Waals surface area contributed by atoms with Crippen molar-refractivity contribution in [3.05, 3.63) is 51.2 Å². The Labute approximate surface area is 150 Å². The predicted molar refractivity (Wildman–Crippen MR) is 95.1 cm³/mol. The summed E-state index contributed by atoms with van der Waals surface area (Å²) in [5.74, 6) is -0.0749. The number of hydrogen-bond acceptors (Lipinski definition) is 6. The lowest BCUT2D eigenvalue weighted by molar-refractivity contribution is -0.385. The van der Waals surface area contributed by atoms with Crippen molar-refractivity contribution in [1.29, 1.82) is 0 Å². The molecule has 1 atom stereocenters. The Kier molecular flexibility index (Phi) is 4.53. The fourth-order valence-electron chi connectivity index (χ4n) is 2.99. The number of nitro benzene ring substituents is 1. The van der Waals surface area contributed by atoms with E-state index in [4.69, 9.17) is 0 Å². The Bertz CT molecular complexity index is 996. The molecule has 0 radical (unpaired) electrons. The number of amides is 1. The van der Waals surface area contributed by atoms with Gasteiger partial charge in [0.2, 0.25) is 0 Å². The summed E-state index contributed by atoms with van der Waals surface area (Å²) in [6.07, 6.45) is 0.433. The van der Waals surface area contributed by atoms with E-state index >= 15 is 0 Å². The van der Waals surface area contributed by atoms with Crippen molar-refractivity contribution < 1.29 is 18.1 Å². The molecule has 1 aromatic carbocycles. The molecule has 0 saturated carbocycles. The van der Waals surface area contributed by atoms with Crippen LogP contribution in [-0.4, -0.2) is 40.5 Å². The van der Waals surface area contributed by atoms with Gasteiger partial charge >= 0.3 is 0 Å². The highest BCUT2D eigenvalue weighted by Gasteiger charge is 2.31. The van der Waals surface area contributed by atoms with Gasteiger partial charge in [0.25, 0.3) is 11.6 Å². The Hall–Kier alpha value is -2.75. The molecule has 0 spiro atoms. The van der Waals surface area contributed by atoms with Crippen LogP contribution in [0.4, 0.5) is 11.5 Å². The molecule has 1 aliphatic heterocycles. The van der Waals surface area contributed by atoms with Gasteiger partial charge in [0.15, 0.2) is 9.84 Å². The van der Waals surface area contributed by atoms with Crippen molar-refractivity contribution in [1.82, 2.24) is 9.78 Å². The molecule has 3 rings (SSSR count). The first-order chi connectivity index (χ1) is 12.2. The summed E-state index contributed by atoms with van der Waals surface area (Å²) < 4.78 is 24.9. The number of carbonyl (C=O) groups excluding carboxylic acids is 1. The fourth-order valence-corrected chi connectivity index (χ4v) is 4.68. The summed E-state index contributed by atoms with van der Waals surface area (Å²) in [6.45, 7) is 3.34. The summed E-state index contributed by atoms with van der Waals surface area (Å²) in [6, 6.07) is 5.55. The maximum Gasteiger partial charge on any atom is 0.273 e. The highest BCUT2D eigenvalue weighted by Crippen LogP contribution is 2.27. The lowest BCUT2D eigenvalue weighted by Gasteiger charge is -2.14. The van der Waals surface area contributed by atoms with Crippen LogP contribution in [0, 0.1) is 24.0 Å². The van der Waals surface area contributed by atoms with Crippen LogP contribution in [0.2, 0.25) is 0 Å². The summed E-state index contributed by atoms with van der Waals surface area (Å²) in [7, 11) is -3.10. The molecule has 9 nitrogen and oxygen atoms in total. The molecule has 1 aromatic heterocycles. The van der Waals surface area contributed by atoms with E-state index in [9.17, 15) is 23.3 Å². The second kappa shape index (κ2) is 6.52. The van der Waals surface area contributed by atoms with E-state index < -0.39 is 20.7 Å². The summed E-state index contributed by atoms with van der Waals surface area (Å²) >= 11 is 0. The molecule has 0 aliphatic carbocycles. The highest BCUT2D eigenvalue weighted by molar-refractivity contribution is 7.91. The SMILES string of the molecule is Cc1cc(NC(=O)c2ccc(C)c([N+](=O)[O-])c2)n([C@H]2CCS(=O)(=O)C2)n1. The van der Waals surface area contributed by atoms with Crippen LogP contribution >= 0.6 is 0 Å². The molecule has 0 unspecified atom stereocenters. The van der Waals surface area contributed by atoms with Gasteiger partial charge in [-0.25, -0.2) is 13.1 Å². The molecule has 0 bridgehead atoms. The van der Waals surface area contributed by atoms with E-state index in [0.29, 0.717) is 23.5 Å². The lowest BCUT2D eigenvalue weighted by Crippen LogP contribution is -2.19. The summed E-state index contributed by atoms with van der Waals surface area (Å²) in [5, 5.41) is 18.0. The van der Waals surface area contributed by atoms with Gasteiger partial charge in [-0.2, -0.15) is 5.10 Å². The minimum atomic E-state index is -3.10. The minimum absolute atomic E-state index is 0.0208. The zero-order valence-corrected chi connectivity index (χ0v) is 15.1. The van der Waals surface area contributed by atoms with Crippen LogP contribution in [-0.2, 0) is 9.84 Å². The third-order valence-corrected chi connectivity index (χ3v) is 6.07. The van der Waals surface area contributed by atoms with Crippen molar-refractivity contribution in [2.75, 3.05) is 16.8 Å². The number of hydrogen-bond donors (Lipinski definition) is 1. The molecule has 1 fully saturated rings. The molecular weight excluding hydrogens is 360 g/mol. The predicted octanol–water partition coefficient (Wildman–Crippen LogP) is 2.02. The number of aryl methyl sites for hydroxylation is 2. The van der Waals surface area contributed by atoms with Gasteiger partial charge in [0, 0.05) is 23.3 Å². The average molecular weight is 378 g/mol. The van der Waals surface area contributed by atoms with Crippen LogP contribution < -0.4 is 5.32 Å². The molecule has 1 aliphatic rings. The van der Waals surface area contributed by atoms with Crippen molar-refractivity contribution in [3.8, 4) is 0 Å². The number of nitrogens with zero attached hydrogens (tertiary/aromatic N) is 3. The van der Waals surface area contributed by atoms with Gasteiger partial charge in [-0.3, -0.25) is 14.9 Å². The third-order valence-electron chi connectivity index (χ3n) is 4.32. The summed E-state index contributed by atoms with van der Waals surface area (Å²) in [4.78, 5) is 23.0. The first-order valence-corrected chi connectivity index (χ1v) is 9.81. The molecule has 26 heavy (non-hydrogen) atoms. The molecule has 10 heteroatoms. The van der Waals surface area contributed by atoms with Crippen LogP contribution in [0.1, 0.15) is 34.1 Å². The molecular formula is C16H18N4O5S. The van der Waals surface area contributed by atoms with Crippen LogP contribution in [0.5, 0.6) is 0 Å². The number of aromatic nitrogens is 2. The Morgan fingerprint density at radius 3 is 2.69 bits per heavy atom. The number of carbonyl (C=O) groups is 1. The Morgan fingerprint density at radius 1 is 1.35 bits per heavy atom. The Morgan fingerprint density at radius 2 is 2.08 bits per heavy atom. The number of rotatable bonds is 4. The molecule has 138 valence electrons. The third kappa shape index (κ3) is 3.59. The van der Waals surface area contributed by atoms with Crippen LogP contribution in [0.3, 0.4) is 0 Å². The molecule has 1 saturated heterocycles. The highest BCUT2D eigenvalue weighted by atomic mass is 32.2. The number of anilines is 1. The van der Waals surface area contributed by atoms with Gasteiger partial charge in [-0.15, -0.1) is 0 Å². The molecule has 1 N–H and O–H groups in total.